The molecule has 0 atom stereocenters. The molecule has 4 nitrogen and oxygen atoms in total. The molecule has 10 rings (SSSR count). The standard InChI is InChI=1S/C37H22N4/c1-2-8-23(9-3-1)40-32-12-6-4-10-26(32)36-29-18-22-19-30-28(20-27(22)24(29)14-15-34(36)40)25-16-17-38-21-35(25)41-33-13-7-5-11-31(33)39-37(30)41/h1-17,19-21H,18H2. The Labute approximate surface area is 234 Å². The van der Waals surface area contributed by atoms with E-state index in [0.717, 1.165) is 28.6 Å². The number of hydrogen-bond acceptors (Lipinski definition) is 2. The molecule has 41 heavy (non-hydrogen) atoms. The second kappa shape index (κ2) is 7.58. The van der Waals surface area contributed by atoms with E-state index in [2.05, 4.69) is 123 Å². The molecule has 4 heterocycles. The fourth-order valence-electron chi connectivity index (χ4n) is 7.31. The van der Waals surface area contributed by atoms with Crippen molar-refractivity contribution >= 4 is 60.2 Å². The average Bonchev–Trinajstić information content (AvgIpc) is 3.70. The lowest BCUT2D eigenvalue weighted by Gasteiger charge is -2.11. The van der Waals surface area contributed by atoms with Crippen molar-refractivity contribution < 1.29 is 0 Å². The molecule has 0 saturated heterocycles. The van der Waals surface area contributed by atoms with E-state index in [1.807, 2.05) is 12.4 Å². The minimum absolute atomic E-state index is 0.904. The summed E-state index contributed by atoms with van der Waals surface area (Å²) < 4.78 is 4.69. The molecule has 4 aromatic heterocycles. The van der Waals surface area contributed by atoms with Gasteiger partial charge in [-0.1, -0.05) is 54.6 Å². The molecule has 0 saturated carbocycles. The van der Waals surface area contributed by atoms with Crippen molar-refractivity contribution in [1.82, 2.24) is 18.9 Å². The van der Waals surface area contributed by atoms with Gasteiger partial charge in [0.1, 0.15) is 5.65 Å². The van der Waals surface area contributed by atoms with Crippen molar-refractivity contribution in [2.75, 3.05) is 0 Å². The summed E-state index contributed by atoms with van der Waals surface area (Å²) in [5.74, 6) is 0. The Morgan fingerprint density at radius 3 is 2.34 bits per heavy atom. The summed E-state index contributed by atoms with van der Waals surface area (Å²) >= 11 is 0. The zero-order chi connectivity index (χ0) is 26.7. The van der Waals surface area contributed by atoms with E-state index in [-0.39, 0.29) is 0 Å². The largest absolute Gasteiger partial charge is 0.309 e. The van der Waals surface area contributed by atoms with Gasteiger partial charge in [-0.15, -0.1) is 0 Å². The van der Waals surface area contributed by atoms with Crippen molar-refractivity contribution in [3.63, 3.8) is 0 Å². The number of benzene rings is 5. The van der Waals surface area contributed by atoms with Crippen LogP contribution in [0.5, 0.6) is 0 Å². The summed E-state index contributed by atoms with van der Waals surface area (Å²) in [6, 6.07) is 39.5. The first kappa shape index (κ1) is 21.4. The molecule has 4 heteroatoms. The summed E-state index contributed by atoms with van der Waals surface area (Å²) in [7, 11) is 0. The molecule has 0 amide bonds. The van der Waals surface area contributed by atoms with Crippen molar-refractivity contribution in [2.24, 2.45) is 0 Å². The zero-order valence-corrected chi connectivity index (χ0v) is 22.0. The number of hydrogen-bond donors (Lipinski definition) is 0. The lowest BCUT2D eigenvalue weighted by atomic mass is 9.98. The highest BCUT2D eigenvalue weighted by atomic mass is 15.0. The van der Waals surface area contributed by atoms with Crippen LogP contribution in [0.25, 0.3) is 77.0 Å². The van der Waals surface area contributed by atoms with Gasteiger partial charge in [-0.25, -0.2) is 4.98 Å². The molecule has 0 spiro atoms. The zero-order valence-electron chi connectivity index (χ0n) is 22.0. The second-order valence-corrected chi connectivity index (χ2v) is 11.1. The molecule has 1 aliphatic carbocycles. The maximum Gasteiger partial charge on any atom is 0.146 e. The summed E-state index contributed by atoms with van der Waals surface area (Å²) in [5, 5.41) is 6.27. The van der Waals surface area contributed by atoms with Crippen LogP contribution in [0, 0.1) is 0 Å². The number of pyridine rings is 2. The van der Waals surface area contributed by atoms with E-state index in [4.69, 9.17) is 4.98 Å². The van der Waals surface area contributed by atoms with Gasteiger partial charge in [-0.05, 0) is 88.7 Å². The number of rotatable bonds is 1. The van der Waals surface area contributed by atoms with Gasteiger partial charge in [0.25, 0.3) is 0 Å². The highest BCUT2D eigenvalue weighted by Crippen LogP contribution is 2.46. The monoisotopic (exact) mass is 522 g/mol. The van der Waals surface area contributed by atoms with E-state index in [9.17, 15) is 0 Å². The van der Waals surface area contributed by atoms with Gasteiger partial charge in [0.15, 0.2) is 0 Å². The highest BCUT2D eigenvalue weighted by molar-refractivity contribution is 6.17. The van der Waals surface area contributed by atoms with Gasteiger partial charge in [0.05, 0.1) is 33.8 Å². The Bertz CT molecular complexity index is 2550. The quantitative estimate of drug-likeness (QED) is 0.202. The molecule has 0 fully saturated rings. The summed E-state index contributed by atoms with van der Waals surface area (Å²) in [5.41, 5.74) is 13.3. The Morgan fingerprint density at radius 2 is 1.41 bits per heavy atom. The third-order valence-electron chi connectivity index (χ3n) is 8.99. The van der Waals surface area contributed by atoms with Crippen LogP contribution in [0.1, 0.15) is 11.1 Å². The Hall–Kier alpha value is -5.48. The fourth-order valence-corrected chi connectivity index (χ4v) is 7.31. The lowest BCUT2D eigenvalue weighted by Crippen LogP contribution is -1.93. The van der Waals surface area contributed by atoms with E-state index in [1.54, 1.807) is 0 Å². The summed E-state index contributed by atoms with van der Waals surface area (Å²) in [6.45, 7) is 0. The molecule has 0 unspecified atom stereocenters. The third kappa shape index (κ3) is 2.69. The molecule has 0 bridgehead atoms. The number of aromatic nitrogens is 4. The van der Waals surface area contributed by atoms with Crippen LogP contribution in [0.15, 0.2) is 122 Å². The van der Waals surface area contributed by atoms with Crippen LogP contribution < -0.4 is 0 Å². The van der Waals surface area contributed by atoms with Gasteiger partial charge in [-0.2, -0.15) is 0 Å². The van der Waals surface area contributed by atoms with E-state index < -0.39 is 0 Å². The van der Waals surface area contributed by atoms with Crippen molar-refractivity contribution in [2.45, 2.75) is 6.42 Å². The first-order valence-electron chi connectivity index (χ1n) is 14.1. The lowest BCUT2D eigenvalue weighted by molar-refractivity contribution is 1.18. The Kier molecular flexibility index (Phi) is 3.95. The first-order valence-corrected chi connectivity index (χ1v) is 14.1. The van der Waals surface area contributed by atoms with Crippen LogP contribution in [0.2, 0.25) is 0 Å². The van der Waals surface area contributed by atoms with Crippen molar-refractivity contribution in [3.8, 4) is 16.8 Å². The average molecular weight is 523 g/mol. The van der Waals surface area contributed by atoms with Crippen molar-refractivity contribution in [1.29, 1.82) is 0 Å². The maximum absolute atomic E-state index is 5.13. The molecule has 9 aromatic rings. The molecule has 0 aliphatic heterocycles. The smallest absolute Gasteiger partial charge is 0.146 e. The molecule has 1 aliphatic rings. The Morgan fingerprint density at radius 1 is 0.585 bits per heavy atom. The van der Waals surface area contributed by atoms with Gasteiger partial charge in [-0.3, -0.25) is 9.38 Å². The van der Waals surface area contributed by atoms with Crippen LogP contribution in [0.4, 0.5) is 0 Å². The predicted octanol–water partition coefficient (Wildman–Crippen LogP) is 8.86. The molecular weight excluding hydrogens is 500 g/mol. The van der Waals surface area contributed by atoms with E-state index in [0.29, 0.717) is 0 Å². The second-order valence-electron chi connectivity index (χ2n) is 11.1. The van der Waals surface area contributed by atoms with Crippen molar-refractivity contribution in [3.05, 3.63) is 133 Å². The highest BCUT2D eigenvalue weighted by Gasteiger charge is 2.26. The van der Waals surface area contributed by atoms with Gasteiger partial charge in [0.2, 0.25) is 0 Å². The third-order valence-corrected chi connectivity index (χ3v) is 8.99. The van der Waals surface area contributed by atoms with Crippen LogP contribution in [-0.4, -0.2) is 18.9 Å². The van der Waals surface area contributed by atoms with Gasteiger partial charge < -0.3 is 4.57 Å². The van der Waals surface area contributed by atoms with Gasteiger partial charge >= 0.3 is 0 Å². The van der Waals surface area contributed by atoms with E-state index in [1.165, 1.54) is 65.9 Å². The topological polar surface area (TPSA) is 35.1 Å². The molecule has 0 N–H and O–H groups in total. The molecule has 190 valence electrons. The predicted molar refractivity (Wildman–Crippen MR) is 168 cm³/mol. The minimum Gasteiger partial charge on any atom is -0.309 e. The SMILES string of the molecule is c1ccc(-n2c3ccccc3c3c4c(ccc32)-c2cc3c5ccncc5n5c6ccccc6nc5c3cc2C4)cc1. The summed E-state index contributed by atoms with van der Waals surface area (Å²) in [6.07, 6.45) is 4.77. The number of para-hydroxylation sites is 4. The summed E-state index contributed by atoms with van der Waals surface area (Å²) in [4.78, 5) is 9.63. The van der Waals surface area contributed by atoms with Crippen LogP contribution in [-0.2, 0) is 6.42 Å². The first-order chi connectivity index (χ1) is 20.3. The number of imidazole rings is 1. The molecule has 5 aromatic carbocycles. The fraction of sp³-hybridized carbons (Fsp3) is 0.0270. The van der Waals surface area contributed by atoms with Crippen LogP contribution in [0.3, 0.4) is 0 Å². The number of fused-ring (bicyclic) bond motifs is 15. The normalized spacial score (nSPS) is 12.8. The maximum atomic E-state index is 5.13. The number of nitrogens with zero attached hydrogens (tertiary/aromatic N) is 4. The minimum atomic E-state index is 0.904. The molecule has 0 radical (unpaired) electrons. The van der Waals surface area contributed by atoms with Crippen LogP contribution >= 0.6 is 0 Å². The van der Waals surface area contributed by atoms with E-state index >= 15 is 0 Å². The molecular formula is C37H22N4. The Balaban J connectivity index is 1.31. The van der Waals surface area contributed by atoms with Gasteiger partial charge in [0, 0.05) is 33.4 Å².